The number of hydrogen-bond donors (Lipinski definition) is 2. The van der Waals surface area contributed by atoms with Crippen LogP contribution < -0.4 is 10.5 Å². The zero-order valence-corrected chi connectivity index (χ0v) is 12.4. The number of nitrogens with two attached hydrogens (primary N) is 1. The maximum atomic E-state index is 13.8. The molecule has 1 saturated heterocycles. The standard InChI is InChI=1S/C13H17FN2O4S/c1-8-4-10(5-11(12(8)14)21(15,18)19)13(17)16-6-9-2-3-20-7-9/h4-5,9H,2-3,6-7H2,1H3,(H,16,17)(H2,15,18,19). The third-order valence-corrected chi connectivity index (χ3v) is 4.28. The minimum Gasteiger partial charge on any atom is -0.381 e. The monoisotopic (exact) mass is 316 g/mol. The summed E-state index contributed by atoms with van der Waals surface area (Å²) in [5.41, 5.74) is 0.118. The van der Waals surface area contributed by atoms with Gasteiger partial charge in [0, 0.05) is 24.6 Å². The number of benzene rings is 1. The van der Waals surface area contributed by atoms with Crippen molar-refractivity contribution in [1.29, 1.82) is 0 Å². The molecule has 6 nitrogen and oxygen atoms in total. The summed E-state index contributed by atoms with van der Waals surface area (Å²) < 4.78 is 41.6. The number of nitrogens with one attached hydrogen (secondary N) is 1. The summed E-state index contributed by atoms with van der Waals surface area (Å²) in [6.45, 7) is 3.07. The zero-order chi connectivity index (χ0) is 15.6. The van der Waals surface area contributed by atoms with Crippen molar-refractivity contribution in [1.82, 2.24) is 5.32 Å². The second-order valence-corrected chi connectivity index (χ2v) is 6.62. The number of halogens is 1. The Morgan fingerprint density at radius 3 is 2.81 bits per heavy atom. The van der Waals surface area contributed by atoms with E-state index >= 15 is 0 Å². The number of carbonyl (C=O) groups is 1. The molecule has 1 aliphatic rings. The molecule has 0 saturated carbocycles. The number of amides is 1. The smallest absolute Gasteiger partial charge is 0.251 e. The highest BCUT2D eigenvalue weighted by molar-refractivity contribution is 7.89. The fraction of sp³-hybridized carbons (Fsp3) is 0.462. The Morgan fingerprint density at radius 2 is 2.24 bits per heavy atom. The number of primary sulfonamides is 1. The molecule has 0 aromatic heterocycles. The molecule has 0 spiro atoms. The van der Waals surface area contributed by atoms with Crippen LogP contribution in [-0.2, 0) is 14.8 Å². The molecule has 1 amide bonds. The maximum Gasteiger partial charge on any atom is 0.251 e. The predicted molar refractivity (Wildman–Crippen MR) is 73.8 cm³/mol. The van der Waals surface area contributed by atoms with E-state index in [0.29, 0.717) is 19.8 Å². The summed E-state index contributed by atoms with van der Waals surface area (Å²) >= 11 is 0. The Balaban J connectivity index is 2.19. The van der Waals surface area contributed by atoms with Crippen LogP contribution in [0.1, 0.15) is 22.3 Å². The van der Waals surface area contributed by atoms with E-state index in [9.17, 15) is 17.6 Å². The van der Waals surface area contributed by atoms with Gasteiger partial charge in [0.15, 0.2) is 0 Å². The first-order chi connectivity index (χ1) is 9.79. The summed E-state index contributed by atoms with van der Waals surface area (Å²) in [4.78, 5) is 11.4. The summed E-state index contributed by atoms with van der Waals surface area (Å²) in [5.74, 6) is -1.15. The molecule has 0 bridgehead atoms. The van der Waals surface area contributed by atoms with Crippen LogP contribution in [0.2, 0.25) is 0 Å². The number of sulfonamides is 1. The molecule has 1 aromatic carbocycles. The molecular weight excluding hydrogens is 299 g/mol. The highest BCUT2D eigenvalue weighted by atomic mass is 32.2. The number of carbonyl (C=O) groups excluding carboxylic acids is 1. The molecule has 1 unspecified atom stereocenters. The van der Waals surface area contributed by atoms with Crippen molar-refractivity contribution < 1.29 is 22.3 Å². The van der Waals surface area contributed by atoms with Crippen LogP contribution in [0.25, 0.3) is 0 Å². The van der Waals surface area contributed by atoms with E-state index in [4.69, 9.17) is 9.88 Å². The molecule has 1 heterocycles. The minimum absolute atomic E-state index is 0.0517. The first kappa shape index (κ1) is 15.9. The largest absolute Gasteiger partial charge is 0.381 e. The first-order valence-corrected chi connectivity index (χ1v) is 8.02. The Morgan fingerprint density at radius 1 is 1.52 bits per heavy atom. The van der Waals surface area contributed by atoms with Crippen molar-refractivity contribution in [2.75, 3.05) is 19.8 Å². The van der Waals surface area contributed by atoms with Crippen LogP contribution in [0.4, 0.5) is 4.39 Å². The highest BCUT2D eigenvalue weighted by Crippen LogP contribution is 2.19. The van der Waals surface area contributed by atoms with Crippen LogP contribution >= 0.6 is 0 Å². The van der Waals surface area contributed by atoms with E-state index in [-0.39, 0.29) is 17.0 Å². The number of hydrogen-bond acceptors (Lipinski definition) is 4. The van der Waals surface area contributed by atoms with Gasteiger partial charge in [-0.2, -0.15) is 0 Å². The number of aryl methyl sites for hydroxylation is 1. The average Bonchev–Trinajstić information content (AvgIpc) is 2.90. The van der Waals surface area contributed by atoms with Crippen molar-refractivity contribution in [3.05, 3.63) is 29.1 Å². The van der Waals surface area contributed by atoms with Crippen molar-refractivity contribution in [2.45, 2.75) is 18.2 Å². The van der Waals surface area contributed by atoms with E-state index in [0.717, 1.165) is 12.5 Å². The summed E-state index contributed by atoms with van der Waals surface area (Å²) in [7, 11) is -4.22. The molecule has 0 radical (unpaired) electrons. The number of rotatable bonds is 4. The van der Waals surface area contributed by atoms with Crippen molar-refractivity contribution in [2.24, 2.45) is 11.1 Å². The summed E-state index contributed by atoms with van der Waals surface area (Å²) in [5, 5.41) is 7.64. The molecule has 1 aliphatic heterocycles. The predicted octanol–water partition coefficient (Wildman–Crippen LogP) is 0.548. The molecule has 21 heavy (non-hydrogen) atoms. The highest BCUT2D eigenvalue weighted by Gasteiger charge is 2.21. The van der Waals surface area contributed by atoms with Gasteiger partial charge >= 0.3 is 0 Å². The first-order valence-electron chi connectivity index (χ1n) is 6.48. The molecular formula is C13H17FN2O4S. The van der Waals surface area contributed by atoms with Crippen molar-refractivity contribution >= 4 is 15.9 Å². The SMILES string of the molecule is Cc1cc(C(=O)NCC2CCOC2)cc(S(N)(=O)=O)c1F. The van der Waals surface area contributed by atoms with Gasteiger partial charge in [-0.15, -0.1) is 0 Å². The molecule has 3 N–H and O–H groups in total. The fourth-order valence-electron chi connectivity index (χ4n) is 2.16. The van der Waals surface area contributed by atoms with Gasteiger partial charge in [0.05, 0.1) is 6.61 Å². The van der Waals surface area contributed by atoms with E-state index < -0.39 is 26.6 Å². The lowest BCUT2D eigenvalue weighted by atomic mass is 10.1. The van der Waals surface area contributed by atoms with E-state index in [1.165, 1.54) is 13.0 Å². The zero-order valence-electron chi connectivity index (χ0n) is 11.6. The van der Waals surface area contributed by atoms with Crippen molar-refractivity contribution in [3.8, 4) is 0 Å². The molecule has 1 fully saturated rings. The normalized spacial score (nSPS) is 18.7. The van der Waals surface area contributed by atoms with Gasteiger partial charge in [-0.3, -0.25) is 4.79 Å². The van der Waals surface area contributed by atoms with Crippen LogP contribution in [0.3, 0.4) is 0 Å². The summed E-state index contributed by atoms with van der Waals surface area (Å²) in [6, 6.07) is 2.25. The Bertz CT molecular complexity index is 654. The van der Waals surface area contributed by atoms with E-state index in [1.807, 2.05) is 0 Å². The quantitative estimate of drug-likeness (QED) is 0.847. The van der Waals surface area contributed by atoms with Crippen LogP contribution in [0.15, 0.2) is 17.0 Å². The van der Waals surface area contributed by atoms with Gasteiger partial charge < -0.3 is 10.1 Å². The van der Waals surface area contributed by atoms with Gasteiger partial charge in [-0.1, -0.05) is 0 Å². The lowest BCUT2D eigenvalue weighted by Crippen LogP contribution is -2.30. The lowest BCUT2D eigenvalue weighted by molar-refractivity contribution is 0.0944. The van der Waals surface area contributed by atoms with Gasteiger partial charge in [-0.25, -0.2) is 17.9 Å². The second kappa shape index (κ2) is 6.08. The molecule has 116 valence electrons. The van der Waals surface area contributed by atoms with Crippen LogP contribution in [0, 0.1) is 18.7 Å². The molecule has 1 aromatic rings. The van der Waals surface area contributed by atoms with Gasteiger partial charge in [0.2, 0.25) is 10.0 Å². The maximum absolute atomic E-state index is 13.8. The molecule has 1 atom stereocenters. The van der Waals surface area contributed by atoms with Gasteiger partial charge in [-0.05, 0) is 31.0 Å². The number of ether oxygens (including phenoxy) is 1. The summed E-state index contributed by atoms with van der Waals surface area (Å²) in [6.07, 6.45) is 0.866. The Kier molecular flexibility index (Phi) is 4.60. The lowest BCUT2D eigenvalue weighted by Gasteiger charge is -2.11. The Labute approximate surface area is 122 Å². The molecule has 2 rings (SSSR count). The van der Waals surface area contributed by atoms with E-state index in [1.54, 1.807) is 0 Å². The van der Waals surface area contributed by atoms with Gasteiger partial charge in [0.1, 0.15) is 10.7 Å². The third-order valence-electron chi connectivity index (χ3n) is 3.37. The molecule has 0 aliphatic carbocycles. The topological polar surface area (TPSA) is 98.5 Å². The van der Waals surface area contributed by atoms with Gasteiger partial charge in [0.25, 0.3) is 5.91 Å². The van der Waals surface area contributed by atoms with Crippen LogP contribution in [0.5, 0.6) is 0 Å². The fourth-order valence-corrected chi connectivity index (χ4v) is 2.86. The van der Waals surface area contributed by atoms with Crippen molar-refractivity contribution in [3.63, 3.8) is 0 Å². The third kappa shape index (κ3) is 3.78. The average molecular weight is 316 g/mol. The molecule has 8 heteroatoms. The Hall–Kier alpha value is -1.51. The minimum atomic E-state index is -4.22. The van der Waals surface area contributed by atoms with Crippen LogP contribution in [-0.4, -0.2) is 34.1 Å². The van der Waals surface area contributed by atoms with E-state index in [2.05, 4.69) is 5.32 Å². The second-order valence-electron chi connectivity index (χ2n) is 5.09.